The standard InChI is InChI=1S/C7H11NO2/c1-2-5(8)7-6(9)3-4-10-7/h3-5,9H,2,8H2,1H3/t5-/m1/s1. The Labute approximate surface area is 59.5 Å². The Morgan fingerprint density at radius 2 is 2.50 bits per heavy atom. The SMILES string of the molecule is CC[C@@H](N)c1occc1O. The Morgan fingerprint density at radius 3 is 2.90 bits per heavy atom. The van der Waals surface area contributed by atoms with Crippen LogP contribution in [0.25, 0.3) is 0 Å². The lowest BCUT2D eigenvalue weighted by atomic mass is 10.2. The summed E-state index contributed by atoms with van der Waals surface area (Å²) in [6, 6.07) is 1.31. The van der Waals surface area contributed by atoms with Crippen LogP contribution in [0, 0.1) is 0 Å². The first-order valence-electron chi connectivity index (χ1n) is 3.27. The Morgan fingerprint density at radius 1 is 1.80 bits per heavy atom. The van der Waals surface area contributed by atoms with Gasteiger partial charge in [0, 0.05) is 6.07 Å². The second kappa shape index (κ2) is 2.75. The molecule has 10 heavy (non-hydrogen) atoms. The molecule has 1 rings (SSSR count). The summed E-state index contributed by atoms with van der Waals surface area (Å²) in [5.41, 5.74) is 5.59. The molecule has 0 spiro atoms. The van der Waals surface area contributed by atoms with E-state index in [0.29, 0.717) is 5.76 Å². The molecule has 0 aromatic carbocycles. The van der Waals surface area contributed by atoms with Crippen molar-refractivity contribution in [1.82, 2.24) is 0 Å². The lowest BCUT2D eigenvalue weighted by Crippen LogP contribution is -2.07. The van der Waals surface area contributed by atoms with Crippen LogP contribution in [0.15, 0.2) is 16.7 Å². The highest BCUT2D eigenvalue weighted by Gasteiger charge is 2.11. The highest BCUT2D eigenvalue weighted by atomic mass is 16.4. The maximum absolute atomic E-state index is 9.08. The van der Waals surface area contributed by atoms with Crippen molar-refractivity contribution in [2.45, 2.75) is 19.4 Å². The summed E-state index contributed by atoms with van der Waals surface area (Å²) < 4.78 is 4.94. The van der Waals surface area contributed by atoms with Gasteiger partial charge in [-0.2, -0.15) is 0 Å². The fraction of sp³-hybridized carbons (Fsp3) is 0.429. The summed E-state index contributed by atoms with van der Waals surface area (Å²) in [7, 11) is 0. The molecule has 1 aromatic rings. The fourth-order valence-electron chi connectivity index (χ4n) is 0.777. The number of furan rings is 1. The maximum Gasteiger partial charge on any atom is 0.161 e. The molecule has 0 aliphatic heterocycles. The van der Waals surface area contributed by atoms with Crippen LogP contribution in [0.2, 0.25) is 0 Å². The quantitative estimate of drug-likeness (QED) is 0.654. The molecule has 0 amide bonds. The van der Waals surface area contributed by atoms with Crippen molar-refractivity contribution in [2.75, 3.05) is 0 Å². The van der Waals surface area contributed by atoms with Gasteiger partial charge in [-0.05, 0) is 6.42 Å². The number of hydrogen-bond donors (Lipinski definition) is 2. The van der Waals surface area contributed by atoms with Crippen molar-refractivity contribution in [3.05, 3.63) is 18.1 Å². The van der Waals surface area contributed by atoms with Crippen molar-refractivity contribution in [3.63, 3.8) is 0 Å². The second-order valence-electron chi connectivity index (χ2n) is 2.18. The maximum atomic E-state index is 9.08. The Bertz CT molecular complexity index is 207. The van der Waals surface area contributed by atoms with E-state index in [1.54, 1.807) is 0 Å². The van der Waals surface area contributed by atoms with Gasteiger partial charge in [0.25, 0.3) is 0 Å². The third-order valence-corrected chi connectivity index (χ3v) is 1.45. The molecule has 0 radical (unpaired) electrons. The Hall–Kier alpha value is -0.960. The zero-order chi connectivity index (χ0) is 7.56. The van der Waals surface area contributed by atoms with E-state index in [2.05, 4.69) is 0 Å². The Kier molecular flexibility index (Phi) is 1.97. The van der Waals surface area contributed by atoms with E-state index in [4.69, 9.17) is 15.3 Å². The minimum atomic E-state index is -0.185. The molecule has 1 atom stereocenters. The highest BCUT2D eigenvalue weighted by Crippen LogP contribution is 2.24. The number of hydrogen-bond acceptors (Lipinski definition) is 3. The predicted molar refractivity (Wildman–Crippen MR) is 37.6 cm³/mol. The topological polar surface area (TPSA) is 59.4 Å². The van der Waals surface area contributed by atoms with E-state index in [9.17, 15) is 0 Å². The van der Waals surface area contributed by atoms with Crippen LogP contribution in [-0.4, -0.2) is 5.11 Å². The average molecular weight is 141 g/mol. The van der Waals surface area contributed by atoms with Gasteiger partial charge in [0.1, 0.15) is 0 Å². The van der Waals surface area contributed by atoms with Crippen molar-refractivity contribution in [3.8, 4) is 5.75 Å². The predicted octanol–water partition coefficient (Wildman–Crippen LogP) is 1.40. The van der Waals surface area contributed by atoms with Crippen LogP contribution < -0.4 is 5.73 Å². The molecule has 56 valence electrons. The number of aromatic hydroxyl groups is 1. The van der Waals surface area contributed by atoms with Crippen LogP contribution in [0.4, 0.5) is 0 Å². The van der Waals surface area contributed by atoms with Crippen molar-refractivity contribution < 1.29 is 9.52 Å². The van der Waals surface area contributed by atoms with Gasteiger partial charge in [-0.25, -0.2) is 0 Å². The van der Waals surface area contributed by atoms with Crippen molar-refractivity contribution >= 4 is 0 Å². The molecule has 3 nitrogen and oxygen atoms in total. The highest BCUT2D eigenvalue weighted by molar-refractivity contribution is 5.24. The third kappa shape index (κ3) is 1.14. The number of rotatable bonds is 2. The molecule has 0 fully saturated rings. The van der Waals surface area contributed by atoms with Gasteiger partial charge in [-0.15, -0.1) is 0 Å². The van der Waals surface area contributed by atoms with Crippen LogP contribution in [0.1, 0.15) is 25.1 Å². The summed E-state index contributed by atoms with van der Waals surface area (Å²) in [6.45, 7) is 1.94. The van der Waals surface area contributed by atoms with Gasteiger partial charge in [-0.3, -0.25) is 0 Å². The molecule has 3 heteroatoms. The van der Waals surface area contributed by atoms with E-state index < -0.39 is 0 Å². The number of nitrogens with two attached hydrogens (primary N) is 1. The van der Waals surface area contributed by atoms with Crippen LogP contribution in [-0.2, 0) is 0 Å². The normalized spacial score (nSPS) is 13.4. The van der Waals surface area contributed by atoms with E-state index in [0.717, 1.165) is 6.42 Å². The van der Waals surface area contributed by atoms with E-state index >= 15 is 0 Å². The monoisotopic (exact) mass is 141 g/mol. The van der Waals surface area contributed by atoms with Gasteiger partial charge in [0.2, 0.25) is 0 Å². The lowest BCUT2D eigenvalue weighted by Gasteiger charge is -2.03. The molecule has 1 aromatic heterocycles. The molecule has 0 bridgehead atoms. The first-order valence-corrected chi connectivity index (χ1v) is 3.27. The average Bonchev–Trinajstić information content (AvgIpc) is 2.34. The fourth-order valence-corrected chi connectivity index (χ4v) is 0.777. The Balaban J connectivity index is 2.82. The minimum absolute atomic E-state index is 0.148. The molecule has 0 unspecified atom stereocenters. The van der Waals surface area contributed by atoms with Gasteiger partial charge in [0.15, 0.2) is 11.5 Å². The largest absolute Gasteiger partial charge is 0.504 e. The van der Waals surface area contributed by atoms with Crippen LogP contribution >= 0.6 is 0 Å². The third-order valence-electron chi connectivity index (χ3n) is 1.45. The summed E-state index contributed by atoms with van der Waals surface area (Å²) >= 11 is 0. The smallest absolute Gasteiger partial charge is 0.161 e. The molecule has 3 N–H and O–H groups in total. The minimum Gasteiger partial charge on any atom is -0.504 e. The van der Waals surface area contributed by atoms with Gasteiger partial charge in [0.05, 0.1) is 12.3 Å². The van der Waals surface area contributed by atoms with Crippen molar-refractivity contribution in [2.24, 2.45) is 5.73 Å². The summed E-state index contributed by atoms with van der Waals surface area (Å²) in [6.07, 6.45) is 2.20. The van der Waals surface area contributed by atoms with Crippen LogP contribution in [0.3, 0.4) is 0 Å². The van der Waals surface area contributed by atoms with E-state index in [1.165, 1.54) is 12.3 Å². The molecule has 0 aliphatic rings. The first kappa shape index (κ1) is 7.15. The molecule has 0 aliphatic carbocycles. The van der Waals surface area contributed by atoms with Crippen LogP contribution in [0.5, 0.6) is 5.75 Å². The summed E-state index contributed by atoms with van der Waals surface area (Å²) in [5.74, 6) is 0.622. The molecular weight excluding hydrogens is 130 g/mol. The van der Waals surface area contributed by atoms with Gasteiger partial charge in [-0.1, -0.05) is 6.92 Å². The first-order chi connectivity index (χ1) is 4.75. The molecular formula is C7H11NO2. The zero-order valence-corrected chi connectivity index (χ0v) is 5.87. The van der Waals surface area contributed by atoms with E-state index in [1.807, 2.05) is 6.92 Å². The van der Waals surface area contributed by atoms with Gasteiger partial charge >= 0.3 is 0 Å². The van der Waals surface area contributed by atoms with E-state index in [-0.39, 0.29) is 11.8 Å². The second-order valence-corrected chi connectivity index (χ2v) is 2.18. The van der Waals surface area contributed by atoms with Gasteiger partial charge < -0.3 is 15.3 Å². The molecule has 0 saturated heterocycles. The lowest BCUT2D eigenvalue weighted by molar-refractivity contribution is 0.404. The van der Waals surface area contributed by atoms with Crippen molar-refractivity contribution in [1.29, 1.82) is 0 Å². The molecule has 1 heterocycles. The zero-order valence-electron chi connectivity index (χ0n) is 5.87. The molecule has 0 saturated carbocycles. The summed E-state index contributed by atoms with van der Waals surface area (Å²) in [4.78, 5) is 0. The summed E-state index contributed by atoms with van der Waals surface area (Å²) in [5, 5.41) is 9.08.